The van der Waals surface area contributed by atoms with Crippen molar-refractivity contribution in [3.63, 3.8) is 0 Å². The van der Waals surface area contributed by atoms with Gasteiger partial charge in [-0.3, -0.25) is 10.1 Å². The third-order valence-electron chi connectivity index (χ3n) is 3.06. The predicted octanol–water partition coefficient (Wildman–Crippen LogP) is 2.23. The first-order valence-electron chi connectivity index (χ1n) is 6.32. The molecule has 0 spiro atoms. The summed E-state index contributed by atoms with van der Waals surface area (Å²) < 4.78 is 0. The molecule has 0 saturated heterocycles. The van der Waals surface area contributed by atoms with E-state index in [1.165, 1.54) is 30.5 Å². The summed E-state index contributed by atoms with van der Waals surface area (Å²) in [7, 11) is 0. The number of aliphatic hydroxyl groups excluding tert-OH is 1. The molecule has 0 amide bonds. The molecule has 0 bridgehead atoms. The Kier molecular flexibility index (Phi) is 4.34. The summed E-state index contributed by atoms with van der Waals surface area (Å²) in [5.41, 5.74) is 0.439. The van der Waals surface area contributed by atoms with Crippen molar-refractivity contribution in [1.29, 1.82) is 0 Å². The van der Waals surface area contributed by atoms with Crippen molar-refractivity contribution in [3.8, 4) is 5.75 Å². The molecule has 1 aromatic heterocycles. The number of hydrogen-bond donors (Lipinski definition) is 3. The molecule has 2 aromatic rings. The second kappa shape index (κ2) is 6.19. The first-order valence-corrected chi connectivity index (χ1v) is 6.32. The van der Waals surface area contributed by atoms with Crippen LogP contribution in [0.4, 0.5) is 11.5 Å². The molecule has 0 aliphatic rings. The monoisotopic (exact) mass is 289 g/mol. The average molecular weight is 289 g/mol. The van der Waals surface area contributed by atoms with Crippen molar-refractivity contribution in [2.24, 2.45) is 0 Å². The zero-order valence-corrected chi connectivity index (χ0v) is 11.3. The van der Waals surface area contributed by atoms with Crippen LogP contribution in [0.5, 0.6) is 5.75 Å². The number of phenolic OH excluding ortho intramolecular Hbond substituents is 1. The normalized spacial score (nSPS) is 13.4. The minimum Gasteiger partial charge on any atom is -0.508 e. The highest BCUT2D eigenvalue weighted by Gasteiger charge is 2.21. The molecule has 0 aliphatic carbocycles. The number of nitro groups is 1. The lowest BCUT2D eigenvalue weighted by molar-refractivity contribution is -0.384. The van der Waals surface area contributed by atoms with E-state index in [1.54, 1.807) is 19.1 Å². The number of benzene rings is 1. The molecular formula is C14H15N3O4. The minimum absolute atomic E-state index is 0.104. The summed E-state index contributed by atoms with van der Waals surface area (Å²) >= 11 is 0. The molecule has 7 nitrogen and oxygen atoms in total. The van der Waals surface area contributed by atoms with E-state index in [-0.39, 0.29) is 17.3 Å². The van der Waals surface area contributed by atoms with Gasteiger partial charge in [0.2, 0.25) is 5.82 Å². The quantitative estimate of drug-likeness (QED) is 0.575. The lowest BCUT2D eigenvalue weighted by Crippen LogP contribution is -2.25. The summed E-state index contributed by atoms with van der Waals surface area (Å²) in [5, 5.41) is 33.2. The highest BCUT2D eigenvalue weighted by atomic mass is 16.6. The summed E-state index contributed by atoms with van der Waals surface area (Å²) in [4.78, 5) is 14.3. The second-order valence-electron chi connectivity index (χ2n) is 4.60. The van der Waals surface area contributed by atoms with E-state index < -0.39 is 17.1 Å². The van der Waals surface area contributed by atoms with Crippen LogP contribution >= 0.6 is 0 Å². The molecule has 1 aromatic carbocycles. The maximum atomic E-state index is 10.9. The van der Waals surface area contributed by atoms with Crippen LogP contribution in [0.2, 0.25) is 0 Å². The molecule has 2 rings (SSSR count). The first kappa shape index (κ1) is 14.7. The molecule has 3 N–H and O–H groups in total. The molecule has 0 radical (unpaired) electrons. The number of phenols is 1. The van der Waals surface area contributed by atoms with Gasteiger partial charge >= 0.3 is 5.69 Å². The van der Waals surface area contributed by atoms with Gasteiger partial charge in [0.15, 0.2) is 0 Å². The van der Waals surface area contributed by atoms with E-state index in [1.807, 2.05) is 0 Å². The van der Waals surface area contributed by atoms with Crippen molar-refractivity contribution in [3.05, 3.63) is 58.3 Å². The molecule has 0 aliphatic heterocycles. The van der Waals surface area contributed by atoms with Gasteiger partial charge in [0.25, 0.3) is 0 Å². The lowest BCUT2D eigenvalue weighted by Gasteiger charge is -2.21. The van der Waals surface area contributed by atoms with Gasteiger partial charge in [-0.1, -0.05) is 12.1 Å². The summed E-state index contributed by atoms with van der Waals surface area (Å²) in [6, 6.07) is 8.43. The van der Waals surface area contributed by atoms with Crippen LogP contribution in [0.25, 0.3) is 0 Å². The highest BCUT2D eigenvalue weighted by molar-refractivity contribution is 5.55. The Morgan fingerprint density at radius 2 is 1.95 bits per heavy atom. The molecule has 0 unspecified atom stereocenters. The molecule has 0 fully saturated rings. The molecule has 7 heteroatoms. The smallest absolute Gasteiger partial charge is 0.311 e. The third kappa shape index (κ3) is 3.46. The van der Waals surface area contributed by atoms with Gasteiger partial charge in [-0.25, -0.2) is 4.98 Å². The highest BCUT2D eigenvalue weighted by Crippen LogP contribution is 2.25. The fraction of sp³-hybridized carbons (Fsp3) is 0.214. The van der Waals surface area contributed by atoms with Gasteiger partial charge < -0.3 is 15.5 Å². The van der Waals surface area contributed by atoms with Crippen LogP contribution in [-0.4, -0.2) is 26.2 Å². The number of nitrogens with one attached hydrogen (secondary N) is 1. The van der Waals surface area contributed by atoms with Crippen molar-refractivity contribution in [1.82, 2.24) is 4.98 Å². The van der Waals surface area contributed by atoms with Gasteiger partial charge in [-0.05, 0) is 30.7 Å². The van der Waals surface area contributed by atoms with Gasteiger partial charge in [-0.15, -0.1) is 0 Å². The van der Waals surface area contributed by atoms with Gasteiger partial charge in [0.1, 0.15) is 5.75 Å². The van der Waals surface area contributed by atoms with E-state index in [9.17, 15) is 20.3 Å². The Balaban J connectivity index is 2.16. The number of aromatic hydroxyl groups is 1. The van der Waals surface area contributed by atoms with E-state index in [4.69, 9.17) is 0 Å². The number of aromatic nitrogens is 1. The molecule has 1 heterocycles. The fourth-order valence-electron chi connectivity index (χ4n) is 1.91. The molecule has 21 heavy (non-hydrogen) atoms. The van der Waals surface area contributed by atoms with Crippen molar-refractivity contribution in [2.45, 2.75) is 19.1 Å². The van der Waals surface area contributed by atoms with Crippen LogP contribution in [0.1, 0.15) is 18.6 Å². The average Bonchev–Trinajstić information content (AvgIpc) is 2.47. The van der Waals surface area contributed by atoms with Crippen molar-refractivity contribution < 1.29 is 15.1 Å². The van der Waals surface area contributed by atoms with E-state index >= 15 is 0 Å². The third-order valence-corrected chi connectivity index (χ3v) is 3.06. The number of rotatable bonds is 5. The number of nitrogens with zero attached hydrogens (tertiary/aromatic N) is 2. The van der Waals surface area contributed by atoms with E-state index in [0.29, 0.717) is 5.56 Å². The summed E-state index contributed by atoms with van der Waals surface area (Å²) in [5.74, 6) is 0.208. The van der Waals surface area contributed by atoms with E-state index in [0.717, 1.165) is 0 Å². The Hall–Kier alpha value is -2.67. The van der Waals surface area contributed by atoms with Crippen molar-refractivity contribution in [2.75, 3.05) is 5.32 Å². The molecule has 110 valence electrons. The van der Waals surface area contributed by atoms with Crippen molar-refractivity contribution >= 4 is 11.5 Å². The molecule has 0 saturated carbocycles. The SMILES string of the molecule is C[C@H](Nc1ncccc1[N+](=O)[O-])[C@@H](O)c1ccc(O)cc1. The predicted molar refractivity (Wildman–Crippen MR) is 77.0 cm³/mol. The zero-order valence-electron chi connectivity index (χ0n) is 11.3. The second-order valence-corrected chi connectivity index (χ2v) is 4.60. The maximum Gasteiger partial charge on any atom is 0.311 e. The Morgan fingerprint density at radius 3 is 2.57 bits per heavy atom. The zero-order chi connectivity index (χ0) is 15.4. The first-order chi connectivity index (χ1) is 9.99. The standard InChI is InChI=1S/C14H15N3O4/c1-9(13(19)10-4-6-11(18)7-5-10)16-14-12(17(20)21)3-2-8-15-14/h2-9,13,18-19H,1H3,(H,15,16)/t9-,13+/m0/s1. The fourth-order valence-corrected chi connectivity index (χ4v) is 1.91. The molecule has 2 atom stereocenters. The topological polar surface area (TPSA) is 109 Å². The molecular weight excluding hydrogens is 274 g/mol. The van der Waals surface area contributed by atoms with Gasteiger partial charge in [0, 0.05) is 12.3 Å². The van der Waals surface area contributed by atoms with Crippen LogP contribution in [0.3, 0.4) is 0 Å². The largest absolute Gasteiger partial charge is 0.508 e. The van der Waals surface area contributed by atoms with E-state index in [2.05, 4.69) is 10.3 Å². The van der Waals surface area contributed by atoms with Crippen LogP contribution in [0, 0.1) is 10.1 Å². The maximum absolute atomic E-state index is 10.9. The van der Waals surface area contributed by atoms with Gasteiger partial charge in [-0.2, -0.15) is 0 Å². The minimum atomic E-state index is -0.896. The Morgan fingerprint density at radius 1 is 1.29 bits per heavy atom. The van der Waals surface area contributed by atoms with Gasteiger partial charge in [0.05, 0.1) is 17.1 Å². The number of hydrogen-bond acceptors (Lipinski definition) is 6. The number of pyridine rings is 1. The number of aliphatic hydroxyl groups is 1. The van der Waals surface area contributed by atoms with Crippen LogP contribution < -0.4 is 5.32 Å². The Bertz CT molecular complexity index is 630. The summed E-state index contributed by atoms with van der Waals surface area (Å²) in [6.07, 6.45) is 0.543. The summed E-state index contributed by atoms with van der Waals surface area (Å²) in [6.45, 7) is 1.69. The number of anilines is 1. The Labute approximate surface area is 121 Å². The van der Waals surface area contributed by atoms with Crippen LogP contribution in [0.15, 0.2) is 42.6 Å². The lowest BCUT2D eigenvalue weighted by atomic mass is 10.0. The van der Waals surface area contributed by atoms with Crippen LogP contribution in [-0.2, 0) is 0 Å².